The van der Waals surface area contributed by atoms with E-state index in [1.807, 2.05) is 30.3 Å². The van der Waals surface area contributed by atoms with Crippen LogP contribution >= 0.6 is 11.3 Å². The largest absolute Gasteiger partial charge is 0.305 e. The van der Waals surface area contributed by atoms with Crippen LogP contribution in [0.4, 0.5) is 11.5 Å². The van der Waals surface area contributed by atoms with Gasteiger partial charge in [0.2, 0.25) is 0 Å². The number of hydrogen-bond acceptors (Lipinski definition) is 5. The van der Waals surface area contributed by atoms with E-state index in [0.717, 1.165) is 17.0 Å². The first-order valence-electron chi connectivity index (χ1n) is 8.60. The van der Waals surface area contributed by atoms with Crippen LogP contribution in [0, 0.1) is 0 Å². The first kappa shape index (κ1) is 18.9. The fraction of sp³-hybridized carbons (Fsp3) is 0. The van der Waals surface area contributed by atoms with Crippen LogP contribution in [0.5, 0.6) is 0 Å². The van der Waals surface area contributed by atoms with Crippen molar-refractivity contribution in [2.24, 2.45) is 0 Å². The number of anilines is 2. The summed E-state index contributed by atoms with van der Waals surface area (Å²) in [5.41, 5.74) is 1.65. The van der Waals surface area contributed by atoms with Crippen molar-refractivity contribution in [2.75, 3.05) is 10.0 Å². The minimum absolute atomic E-state index is 0.230. The van der Waals surface area contributed by atoms with Crippen LogP contribution < -0.4 is 10.0 Å². The Bertz CT molecular complexity index is 1220. The van der Waals surface area contributed by atoms with Crippen molar-refractivity contribution in [1.29, 1.82) is 0 Å². The summed E-state index contributed by atoms with van der Waals surface area (Å²) in [6, 6.07) is 20.6. The van der Waals surface area contributed by atoms with E-state index in [-0.39, 0.29) is 10.1 Å². The summed E-state index contributed by atoms with van der Waals surface area (Å²) in [5, 5.41) is 8.76. The normalized spacial score (nSPS) is 11.2. The van der Waals surface area contributed by atoms with Gasteiger partial charge < -0.3 is 5.32 Å². The smallest absolute Gasteiger partial charge is 0.271 e. The van der Waals surface area contributed by atoms with Gasteiger partial charge in [0.05, 0.1) is 5.69 Å². The molecule has 0 saturated heterocycles. The number of sulfonamides is 1. The Morgan fingerprint density at radius 1 is 0.931 bits per heavy atom. The van der Waals surface area contributed by atoms with E-state index in [1.165, 1.54) is 6.07 Å². The molecule has 0 bridgehead atoms. The lowest BCUT2D eigenvalue weighted by molar-refractivity contribution is 0.102. The molecule has 2 N–H and O–H groups in total. The van der Waals surface area contributed by atoms with Crippen molar-refractivity contribution in [3.05, 3.63) is 89.9 Å². The second-order valence-corrected chi connectivity index (χ2v) is 8.91. The highest BCUT2D eigenvalue weighted by Gasteiger charge is 2.15. The second kappa shape index (κ2) is 7.90. The maximum Gasteiger partial charge on any atom is 0.271 e. The lowest BCUT2D eigenvalue weighted by Crippen LogP contribution is -2.14. The average Bonchev–Trinajstić information content (AvgIpc) is 3.42. The molecule has 9 heteroatoms. The fourth-order valence-electron chi connectivity index (χ4n) is 2.62. The van der Waals surface area contributed by atoms with E-state index in [1.54, 1.807) is 52.7 Å². The number of carbonyl (C=O) groups is 1. The van der Waals surface area contributed by atoms with Crippen molar-refractivity contribution in [2.45, 2.75) is 4.21 Å². The first-order valence-corrected chi connectivity index (χ1v) is 11.0. The summed E-state index contributed by atoms with van der Waals surface area (Å²) in [6.07, 6.45) is 1.76. The zero-order valence-corrected chi connectivity index (χ0v) is 16.7. The molecule has 0 fully saturated rings. The number of aromatic nitrogens is 2. The molecule has 4 aromatic rings. The predicted octanol–water partition coefficient (Wildman–Crippen LogP) is 3.99. The van der Waals surface area contributed by atoms with Crippen LogP contribution in [-0.4, -0.2) is 24.1 Å². The van der Waals surface area contributed by atoms with E-state index in [0.29, 0.717) is 17.1 Å². The molecule has 1 amide bonds. The van der Waals surface area contributed by atoms with Crippen molar-refractivity contribution in [3.8, 4) is 5.69 Å². The maximum atomic E-state index is 12.4. The third-order valence-corrected chi connectivity index (χ3v) is 6.79. The van der Waals surface area contributed by atoms with Gasteiger partial charge in [0.15, 0.2) is 5.82 Å². The number of amides is 1. The van der Waals surface area contributed by atoms with Gasteiger partial charge in [-0.25, -0.2) is 13.1 Å². The standard InChI is InChI=1S/C20H16N4O3S2/c25-20(21-18-12-13-24(22-18)17-5-2-1-3-6-17)15-8-10-16(11-9-15)23-29(26,27)19-7-4-14-28-19/h1-14,23H,(H,21,22,25). The van der Waals surface area contributed by atoms with Crippen molar-refractivity contribution >= 4 is 38.8 Å². The van der Waals surface area contributed by atoms with E-state index in [9.17, 15) is 13.2 Å². The molecule has 2 aromatic carbocycles. The monoisotopic (exact) mass is 424 g/mol. The molecule has 0 saturated carbocycles. The Morgan fingerprint density at radius 2 is 1.69 bits per heavy atom. The first-order chi connectivity index (χ1) is 14.0. The van der Waals surface area contributed by atoms with Gasteiger partial charge in [0.1, 0.15) is 4.21 Å². The van der Waals surface area contributed by atoms with Gasteiger partial charge in [-0.15, -0.1) is 11.3 Å². The van der Waals surface area contributed by atoms with Crippen LogP contribution in [0.15, 0.2) is 88.6 Å². The van der Waals surface area contributed by atoms with E-state index in [2.05, 4.69) is 15.1 Å². The number of carbonyl (C=O) groups excluding carboxylic acids is 1. The number of nitrogens with one attached hydrogen (secondary N) is 2. The minimum Gasteiger partial charge on any atom is -0.305 e. The van der Waals surface area contributed by atoms with Gasteiger partial charge in [-0.05, 0) is 47.8 Å². The SMILES string of the molecule is O=C(Nc1ccn(-c2ccccc2)n1)c1ccc(NS(=O)(=O)c2cccs2)cc1. The molecule has 0 radical (unpaired) electrons. The molecule has 4 rings (SSSR count). The molecule has 7 nitrogen and oxygen atoms in total. The molecular weight excluding hydrogens is 408 g/mol. The van der Waals surface area contributed by atoms with Crippen LogP contribution in [-0.2, 0) is 10.0 Å². The van der Waals surface area contributed by atoms with E-state index >= 15 is 0 Å². The molecule has 146 valence electrons. The summed E-state index contributed by atoms with van der Waals surface area (Å²) < 4.78 is 28.9. The Kier molecular flexibility index (Phi) is 5.15. The molecule has 2 aromatic heterocycles. The topological polar surface area (TPSA) is 93.1 Å². The molecule has 0 unspecified atom stereocenters. The van der Waals surface area contributed by atoms with Crippen molar-refractivity contribution < 1.29 is 13.2 Å². The zero-order valence-electron chi connectivity index (χ0n) is 15.0. The molecule has 0 aliphatic rings. The van der Waals surface area contributed by atoms with E-state index < -0.39 is 10.0 Å². The fourth-order valence-corrected chi connectivity index (χ4v) is 4.67. The summed E-state index contributed by atoms with van der Waals surface area (Å²) in [5.74, 6) is 0.0808. The van der Waals surface area contributed by atoms with Gasteiger partial charge in [0, 0.05) is 23.5 Å². The van der Waals surface area contributed by atoms with Gasteiger partial charge in [0.25, 0.3) is 15.9 Å². The second-order valence-electron chi connectivity index (χ2n) is 6.05. The minimum atomic E-state index is -3.62. The maximum absolute atomic E-state index is 12.4. The van der Waals surface area contributed by atoms with E-state index in [4.69, 9.17) is 0 Å². The zero-order chi connectivity index (χ0) is 20.3. The van der Waals surface area contributed by atoms with Gasteiger partial charge in [-0.3, -0.25) is 9.52 Å². The van der Waals surface area contributed by atoms with Crippen molar-refractivity contribution in [1.82, 2.24) is 9.78 Å². The lowest BCUT2D eigenvalue weighted by atomic mass is 10.2. The van der Waals surface area contributed by atoms with Crippen LogP contribution in [0.2, 0.25) is 0 Å². The Labute approximate surface area is 171 Å². The lowest BCUT2D eigenvalue weighted by Gasteiger charge is -2.07. The molecule has 0 aliphatic heterocycles. The molecule has 0 spiro atoms. The highest BCUT2D eigenvalue weighted by atomic mass is 32.2. The summed E-state index contributed by atoms with van der Waals surface area (Å²) in [4.78, 5) is 12.4. The highest BCUT2D eigenvalue weighted by Crippen LogP contribution is 2.20. The number of nitrogens with zero attached hydrogens (tertiary/aromatic N) is 2. The number of hydrogen-bond donors (Lipinski definition) is 2. The number of para-hydroxylation sites is 1. The van der Waals surface area contributed by atoms with Gasteiger partial charge >= 0.3 is 0 Å². The quantitative estimate of drug-likeness (QED) is 0.489. The van der Waals surface area contributed by atoms with Gasteiger partial charge in [-0.1, -0.05) is 24.3 Å². The Hall–Kier alpha value is -3.43. The van der Waals surface area contributed by atoms with Crippen LogP contribution in [0.3, 0.4) is 0 Å². The third-order valence-electron chi connectivity index (χ3n) is 4.01. The summed E-state index contributed by atoms with van der Waals surface area (Å²) in [6.45, 7) is 0. The highest BCUT2D eigenvalue weighted by molar-refractivity contribution is 7.94. The number of thiophene rings is 1. The van der Waals surface area contributed by atoms with Crippen molar-refractivity contribution in [3.63, 3.8) is 0 Å². The third kappa shape index (κ3) is 4.36. The Balaban J connectivity index is 1.43. The average molecular weight is 425 g/mol. The number of benzene rings is 2. The molecule has 29 heavy (non-hydrogen) atoms. The molecule has 2 heterocycles. The Morgan fingerprint density at radius 3 is 2.38 bits per heavy atom. The van der Waals surface area contributed by atoms with Gasteiger partial charge in [-0.2, -0.15) is 5.10 Å². The predicted molar refractivity (Wildman–Crippen MR) is 113 cm³/mol. The van der Waals surface area contributed by atoms with Crippen LogP contribution in [0.1, 0.15) is 10.4 Å². The number of rotatable bonds is 6. The molecule has 0 aliphatic carbocycles. The molecular formula is C20H16N4O3S2. The summed E-state index contributed by atoms with van der Waals surface area (Å²) >= 11 is 1.14. The summed E-state index contributed by atoms with van der Waals surface area (Å²) in [7, 11) is -3.62. The van der Waals surface area contributed by atoms with Crippen LogP contribution in [0.25, 0.3) is 5.69 Å². The molecule has 0 atom stereocenters.